The molecule has 0 fully saturated rings. The zero-order chi connectivity index (χ0) is 18.8. The summed E-state index contributed by atoms with van der Waals surface area (Å²) < 4.78 is 0.904. The van der Waals surface area contributed by atoms with Gasteiger partial charge >= 0.3 is 0 Å². The summed E-state index contributed by atoms with van der Waals surface area (Å²) in [7, 11) is 0. The number of nitrogens with one attached hydrogen (secondary N) is 1. The maximum Gasteiger partial charge on any atom is 0.147 e. The first-order valence-electron chi connectivity index (χ1n) is 8.49. The van der Waals surface area contributed by atoms with E-state index in [0.717, 1.165) is 26.7 Å². The van der Waals surface area contributed by atoms with Crippen LogP contribution < -0.4 is 5.32 Å². The number of benzene rings is 1. The minimum atomic E-state index is -0.298. The maximum atomic E-state index is 11.0. The number of pyridine rings is 3. The summed E-state index contributed by atoms with van der Waals surface area (Å²) in [5, 5.41) is 15.3. The van der Waals surface area contributed by atoms with Crippen molar-refractivity contribution in [2.45, 2.75) is 13.0 Å². The van der Waals surface area contributed by atoms with Crippen molar-refractivity contribution < 1.29 is 5.11 Å². The largest absolute Gasteiger partial charge is 0.505 e. The number of aromatic nitrogens is 3. The lowest BCUT2D eigenvalue weighted by Crippen LogP contribution is -2.13. The van der Waals surface area contributed by atoms with E-state index in [1.807, 2.05) is 55.5 Å². The second kappa shape index (κ2) is 7.32. The van der Waals surface area contributed by atoms with E-state index in [1.165, 1.54) is 0 Å². The maximum absolute atomic E-state index is 11.0. The highest BCUT2D eigenvalue weighted by atomic mass is 79.9. The van der Waals surface area contributed by atoms with Crippen LogP contribution in [0.2, 0.25) is 0 Å². The van der Waals surface area contributed by atoms with Crippen LogP contribution in [0.25, 0.3) is 10.9 Å². The molecule has 0 bridgehead atoms. The molecule has 5 nitrogen and oxygen atoms in total. The van der Waals surface area contributed by atoms with Gasteiger partial charge in [-0.1, -0.05) is 18.2 Å². The van der Waals surface area contributed by atoms with Gasteiger partial charge in [-0.3, -0.25) is 4.98 Å². The van der Waals surface area contributed by atoms with Gasteiger partial charge in [0.05, 0.1) is 6.04 Å². The van der Waals surface area contributed by atoms with Gasteiger partial charge in [0.15, 0.2) is 0 Å². The Bertz CT molecular complexity index is 1080. The Hall–Kier alpha value is -2.99. The van der Waals surface area contributed by atoms with Gasteiger partial charge in [0, 0.05) is 39.7 Å². The smallest absolute Gasteiger partial charge is 0.147 e. The summed E-state index contributed by atoms with van der Waals surface area (Å²) in [4.78, 5) is 13.0. The Morgan fingerprint density at radius 2 is 1.78 bits per heavy atom. The molecule has 0 saturated heterocycles. The normalized spacial score (nSPS) is 12.1. The Morgan fingerprint density at radius 1 is 1.00 bits per heavy atom. The lowest BCUT2D eigenvalue weighted by Gasteiger charge is -2.22. The van der Waals surface area contributed by atoms with E-state index in [4.69, 9.17) is 0 Å². The highest BCUT2D eigenvalue weighted by Gasteiger charge is 2.20. The van der Waals surface area contributed by atoms with Gasteiger partial charge in [-0.25, -0.2) is 9.97 Å². The number of hydrogen-bond acceptors (Lipinski definition) is 5. The van der Waals surface area contributed by atoms with Crippen LogP contribution in [0.3, 0.4) is 0 Å². The minimum absolute atomic E-state index is 0.169. The van der Waals surface area contributed by atoms with Crippen molar-refractivity contribution in [2.75, 3.05) is 5.32 Å². The quantitative estimate of drug-likeness (QED) is 0.485. The van der Waals surface area contributed by atoms with E-state index in [-0.39, 0.29) is 11.8 Å². The number of anilines is 1. The summed E-state index contributed by atoms with van der Waals surface area (Å²) in [5.74, 6) is 0.874. The molecular formula is C21H17BrN4O. The van der Waals surface area contributed by atoms with Crippen molar-refractivity contribution in [3.63, 3.8) is 0 Å². The van der Waals surface area contributed by atoms with Crippen molar-refractivity contribution >= 4 is 32.7 Å². The molecule has 27 heavy (non-hydrogen) atoms. The lowest BCUT2D eigenvalue weighted by molar-refractivity contribution is 0.471. The first kappa shape index (κ1) is 17.4. The fourth-order valence-corrected chi connectivity index (χ4v) is 3.26. The molecule has 6 heteroatoms. The molecule has 1 aromatic carbocycles. The molecule has 0 aliphatic rings. The Labute approximate surface area is 165 Å². The molecule has 0 aliphatic heterocycles. The number of fused-ring (bicyclic) bond motifs is 1. The van der Waals surface area contributed by atoms with E-state index >= 15 is 0 Å². The highest BCUT2D eigenvalue weighted by Crippen LogP contribution is 2.36. The Kier molecular flexibility index (Phi) is 4.73. The van der Waals surface area contributed by atoms with Gasteiger partial charge < -0.3 is 10.4 Å². The van der Waals surface area contributed by atoms with Crippen LogP contribution >= 0.6 is 15.9 Å². The number of rotatable bonds is 4. The Morgan fingerprint density at radius 3 is 2.52 bits per heavy atom. The molecule has 2 N–H and O–H groups in total. The predicted octanol–water partition coefficient (Wildman–Crippen LogP) is 5.00. The molecule has 134 valence electrons. The average molecular weight is 421 g/mol. The van der Waals surface area contributed by atoms with Crippen LogP contribution in [-0.4, -0.2) is 20.1 Å². The van der Waals surface area contributed by atoms with Gasteiger partial charge in [-0.2, -0.15) is 0 Å². The molecule has 0 aliphatic carbocycles. The number of aryl methyl sites for hydroxylation is 1. The van der Waals surface area contributed by atoms with Crippen molar-refractivity contribution in [3.8, 4) is 5.75 Å². The summed E-state index contributed by atoms with van der Waals surface area (Å²) in [6.07, 6.45) is 5.20. The molecule has 1 unspecified atom stereocenters. The monoisotopic (exact) mass is 420 g/mol. The summed E-state index contributed by atoms with van der Waals surface area (Å²) >= 11 is 3.40. The number of halogens is 1. The first-order valence-corrected chi connectivity index (χ1v) is 9.28. The van der Waals surface area contributed by atoms with Gasteiger partial charge in [0.25, 0.3) is 0 Å². The van der Waals surface area contributed by atoms with Crippen LogP contribution in [0, 0.1) is 6.92 Å². The third-order valence-corrected chi connectivity index (χ3v) is 4.85. The van der Waals surface area contributed by atoms with E-state index in [1.54, 1.807) is 18.6 Å². The van der Waals surface area contributed by atoms with Crippen LogP contribution in [0.15, 0.2) is 71.6 Å². The zero-order valence-corrected chi connectivity index (χ0v) is 16.2. The van der Waals surface area contributed by atoms with Crippen LogP contribution in [0.4, 0.5) is 5.82 Å². The third kappa shape index (κ3) is 3.61. The van der Waals surface area contributed by atoms with Gasteiger partial charge in [-0.05, 0) is 58.7 Å². The standard InChI is InChI=1S/C21H17BrN4O/c1-13-2-3-14-4-6-17(21(27)20(14)25-13)19(15-8-10-23-11-9-15)26-18-7-5-16(22)12-24-18/h2-12,19,27H,1H3,(H,24,26). The molecule has 0 saturated carbocycles. The SMILES string of the molecule is Cc1ccc2ccc(C(Nc3ccc(Br)cn3)c3ccncc3)c(O)c2n1. The molecule has 3 heterocycles. The highest BCUT2D eigenvalue weighted by molar-refractivity contribution is 9.10. The van der Waals surface area contributed by atoms with E-state index in [2.05, 4.69) is 36.2 Å². The van der Waals surface area contributed by atoms with Crippen molar-refractivity contribution in [1.29, 1.82) is 0 Å². The number of aromatic hydroxyl groups is 1. The molecule has 0 spiro atoms. The van der Waals surface area contributed by atoms with E-state index < -0.39 is 0 Å². The number of phenols is 1. The van der Waals surface area contributed by atoms with Crippen LogP contribution in [-0.2, 0) is 0 Å². The number of nitrogens with zero attached hydrogens (tertiary/aromatic N) is 3. The lowest BCUT2D eigenvalue weighted by atomic mass is 9.97. The average Bonchev–Trinajstić information content (AvgIpc) is 2.69. The van der Waals surface area contributed by atoms with Gasteiger partial charge in [-0.15, -0.1) is 0 Å². The number of hydrogen-bond donors (Lipinski definition) is 2. The molecule has 4 aromatic rings. The van der Waals surface area contributed by atoms with Crippen molar-refractivity contribution in [3.05, 3.63) is 88.4 Å². The fourth-order valence-electron chi connectivity index (χ4n) is 3.03. The number of phenolic OH excluding ortho intramolecular Hbond substituents is 1. The third-order valence-electron chi connectivity index (χ3n) is 4.38. The van der Waals surface area contributed by atoms with Crippen LogP contribution in [0.5, 0.6) is 5.75 Å². The minimum Gasteiger partial charge on any atom is -0.505 e. The molecule has 1 atom stereocenters. The first-order chi connectivity index (χ1) is 13.1. The fraction of sp³-hybridized carbons (Fsp3) is 0.0952. The molecule has 0 amide bonds. The van der Waals surface area contributed by atoms with Crippen LogP contribution in [0.1, 0.15) is 22.9 Å². The summed E-state index contributed by atoms with van der Waals surface area (Å²) in [5.41, 5.74) is 3.16. The summed E-state index contributed by atoms with van der Waals surface area (Å²) in [6.45, 7) is 1.91. The summed E-state index contributed by atoms with van der Waals surface area (Å²) in [6, 6.07) is 15.1. The van der Waals surface area contributed by atoms with E-state index in [9.17, 15) is 5.11 Å². The van der Waals surface area contributed by atoms with Gasteiger partial charge in [0.2, 0.25) is 0 Å². The van der Waals surface area contributed by atoms with Gasteiger partial charge in [0.1, 0.15) is 17.1 Å². The predicted molar refractivity (Wildman–Crippen MR) is 110 cm³/mol. The topological polar surface area (TPSA) is 70.9 Å². The van der Waals surface area contributed by atoms with Crippen molar-refractivity contribution in [1.82, 2.24) is 15.0 Å². The molecule has 3 aromatic heterocycles. The second-order valence-corrected chi connectivity index (χ2v) is 7.16. The Balaban J connectivity index is 1.84. The molecule has 0 radical (unpaired) electrons. The molecule has 4 rings (SSSR count). The second-order valence-electron chi connectivity index (χ2n) is 6.25. The van der Waals surface area contributed by atoms with Crippen molar-refractivity contribution in [2.24, 2.45) is 0 Å². The zero-order valence-electron chi connectivity index (χ0n) is 14.6. The molecular weight excluding hydrogens is 404 g/mol. The van der Waals surface area contributed by atoms with E-state index in [0.29, 0.717) is 11.3 Å².